The third-order valence-electron chi connectivity index (χ3n) is 2.26. The first-order valence-electron chi connectivity index (χ1n) is 4.87. The molecule has 0 saturated heterocycles. The maximum absolute atomic E-state index is 11.7. The van der Waals surface area contributed by atoms with Crippen molar-refractivity contribution in [2.24, 2.45) is 4.99 Å². The van der Waals surface area contributed by atoms with Crippen molar-refractivity contribution in [1.29, 1.82) is 0 Å². The Morgan fingerprint density at radius 1 is 1.75 bits per heavy atom. The molecule has 0 unspecified atom stereocenters. The van der Waals surface area contributed by atoms with E-state index in [0.717, 1.165) is 6.42 Å². The molecule has 0 aliphatic carbocycles. The lowest BCUT2D eigenvalue weighted by Gasteiger charge is -2.15. The van der Waals surface area contributed by atoms with E-state index in [2.05, 4.69) is 22.1 Å². The number of carbonyl (C=O) groups is 1. The number of ether oxygens (including phenoxy) is 1. The van der Waals surface area contributed by atoms with Crippen molar-refractivity contribution in [3.8, 4) is 5.88 Å². The molecular formula is C9H12N4O3. The van der Waals surface area contributed by atoms with Crippen LogP contribution in [-0.2, 0) is 6.54 Å². The van der Waals surface area contributed by atoms with Gasteiger partial charge in [0.15, 0.2) is 5.82 Å². The number of amides is 1. The smallest absolute Gasteiger partial charge is 0.262 e. The molecule has 0 saturated carbocycles. The summed E-state index contributed by atoms with van der Waals surface area (Å²) in [6.07, 6.45) is 0.840. The lowest BCUT2D eigenvalue weighted by atomic mass is 10.3. The summed E-state index contributed by atoms with van der Waals surface area (Å²) in [6, 6.07) is 0. The molecule has 2 rings (SSSR count). The van der Waals surface area contributed by atoms with Crippen LogP contribution in [0, 0.1) is 0 Å². The van der Waals surface area contributed by atoms with Gasteiger partial charge >= 0.3 is 0 Å². The number of rotatable bonds is 3. The van der Waals surface area contributed by atoms with Crippen molar-refractivity contribution in [3.05, 3.63) is 5.56 Å². The fourth-order valence-electron chi connectivity index (χ4n) is 1.59. The highest BCUT2D eigenvalue weighted by Gasteiger charge is 2.26. The average Bonchev–Trinajstić information content (AvgIpc) is 2.67. The molecule has 0 fully saturated rings. The van der Waals surface area contributed by atoms with Crippen LogP contribution in [0.2, 0.25) is 0 Å². The summed E-state index contributed by atoms with van der Waals surface area (Å²) in [5, 5.41) is 15.0. The predicted octanol–water partition coefficient (Wildman–Crippen LogP) is -0.323. The van der Waals surface area contributed by atoms with Crippen LogP contribution in [0.5, 0.6) is 5.88 Å². The second-order valence-electron chi connectivity index (χ2n) is 3.25. The van der Waals surface area contributed by atoms with Gasteiger partial charge in [-0.15, -0.1) is 5.10 Å². The van der Waals surface area contributed by atoms with Gasteiger partial charge in [-0.3, -0.25) is 4.79 Å². The molecule has 2 N–H and O–H groups in total. The van der Waals surface area contributed by atoms with E-state index in [1.165, 1.54) is 0 Å². The number of hydrogen-bond acceptors (Lipinski definition) is 5. The van der Waals surface area contributed by atoms with Crippen LogP contribution < -0.4 is 10.1 Å². The van der Waals surface area contributed by atoms with Crippen molar-refractivity contribution < 1.29 is 14.6 Å². The molecule has 7 heteroatoms. The normalized spacial score (nSPS) is 13.8. The lowest BCUT2D eigenvalue weighted by Crippen LogP contribution is -2.25. The first kappa shape index (κ1) is 10.6. The fourth-order valence-corrected chi connectivity index (χ4v) is 1.59. The Labute approximate surface area is 91.7 Å². The van der Waals surface area contributed by atoms with Gasteiger partial charge in [0.05, 0.1) is 6.61 Å². The molecule has 0 bridgehead atoms. The first-order chi connectivity index (χ1) is 7.77. The van der Waals surface area contributed by atoms with Crippen LogP contribution in [0.25, 0.3) is 0 Å². The zero-order valence-electron chi connectivity index (χ0n) is 8.64. The summed E-state index contributed by atoms with van der Waals surface area (Å²) >= 11 is 0. The highest BCUT2D eigenvalue weighted by molar-refractivity contribution is 6.00. The molecule has 7 nitrogen and oxygen atoms in total. The van der Waals surface area contributed by atoms with Crippen LogP contribution >= 0.6 is 0 Å². The molecule has 1 aliphatic rings. The van der Waals surface area contributed by atoms with E-state index < -0.39 is 12.6 Å². The largest absolute Gasteiger partial charge is 0.477 e. The average molecular weight is 224 g/mol. The number of aliphatic imine (C=N–C) groups is 1. The Balaban J connectivity index is 2.44. The van der Waals surface area contributed by atoms with Crippen molar-refractivity contribution in [2.75, 3.05) is 13.3 Å². The van der Waals surface area contributed by atoms with Gasteiger partial charge in [-0.2, -0.15) is 0 Å². The predicted molar refractivity (Wildman–Crippen MR) is 56.1 cm³/mol. The van der Waals surface area contributed by atoms with Crippen molar-refractivity contribution >= 4 is 18.4 Å². The number of nitrogens with zero attached hydrogens (tertiary/aromatic N) is 3. The Hall–Kier alpha value is -1.89. The van der Waals surface area contributed by atoms with E-state index in [-0.39, 0.29) is 11.4 Å². The van der Waals surface area contributed by atoms with Crippen LogP contribution in [0.1, 0.15) is 16.8 Å². The van der Waals surface area contributed by atoms with Gasteiger partial charge in [-0.05, 0) is 6.72 Å². The van der Waals surface area contributed by atoms with Gasteiger partial charge in [0.1, 0.15) is 12.3 Å². The van der Waals surface area contributed by atoms with Gasteiger partial charge in [-0.1, -0.05) is 0 Å². The van der Waals surface area contributed by atoms with Gasteiger partial charge in [-0.25, -0.2) is 9.67 Å². The van der Waals surface area contributed by atoms with E-state index >= 15 is 0 Å². The molecule has 1 aliphatic heterocycles. The standard InChI is InChI=1S/C9H12N4O3/c1-10-7-6(8(15)11-5-14)9-13(12-7)3-2-4-16-9/h14H,1-5H2,(H,11,15). The van der Waals surface area contributed by atoms with Gasteiger partial charge in [0.25, 0.3) is 5.91 Å². The topological polar surface area (TPSA) is 88.7 Å². The van der Waals surface area contributed by atoms with Crippen molar-refractivity contribution in [3.63, 3.8) is 0 Å². The molecule has 0 radical (unpaired) electrons. The maximum Gasteiger partial charge on any atom is 0.262 e. The number of aliphatic hydroxyl groups is 1. The molecule has 1 aromatic rings. The summed E-state index contributed by atoms with van der Waals surface area (Å²) < 4.78 is 6.96. The summed E-state index contributed by atoms with van der Waals surface area (Å²) in [7, 11) is 0. The molecule has 0 atom stereocenters. The maximum atomic E-state index is 11.7. The van der Waals surface area contributed by atoms with Crippen LogP contribution in [0.4, 0.5) is 5.82 Å². The first-order valence-corrected chi connectivity index (χ1v) is 4.87. The van der Waals surface area contributed by atoms with Crippen LogP contribution in [0.3, 0.4) is 0 Å². The number of aryl methyl sites for hydroxylation is 1. The summed E-state index contributed by atoms with van der Waals surface area (Å²) in [6.45, 7) is 4.14. The van der Waals surface area contributed by atoms with Crippen molar-refractivity contribution in [1.82, 2.24) is 15.1 Å². The summed E-state index contributed by atoms with van der Waals surface area (Å²) in [5.41, 5.74) is 0.226. The third-order valence-corrected chi connectivity index (χ3v) is 2.26. The number of aliphatic hydroxyl groups excluding tert-OH is 1. The minimum absolute atomic E-state index is 0.225. The number of hydrogen-bond donors (Lipinski definition) is 2. The van der Waals surface area contributed by atoms with Gasteiger partial charge < -0.3 is 15.2 Å². The number of nitrogens with one attached hydrogen (secondary N) is 1. The number of fused-ring (bicyclic) bond motifs is 1. The number of aromatic nitrogens is 2. The molecule has 1 aromatic heterocycles. The zero-order chi connectivity index (χ0) is 11.5. The third kappa shape index (κ3) is 1.65. The highest BCUT2D eigenvalue weighted by Crippen LogP contribution is 2.30. The summed E-state index contributed by atoms with van der Waals surface area (Å²) in [5.74, 6) is 0.149. The fraction of sp³-hybridized carbons (Fsp3) is 0.444. The van der Waals surface area contributed by atoms with Crippen LogP contribution in [-0.4, -0.2) is 40.8 Å². The lowest BCUT2D eigenvalue weighted by molar-refractivity contribution is 0.0904. The minimum Gasteiger partial charge on any atom is -0.477 e. The molecule has 1 amide bonds. The van der Waals surface area contributed by atoms with Crippen LogP contribution in [0.15, 0.2) is 4.99 Å². The quantitative estimate of drug-likeness (QED) is 0.544. The molecule has 16 heavy (non-hydrogen) atoms. The van der Waals surface area contributed by atoms with E-state index in [4.69, 9.17) is 9.84 Å². The van der Waals surface area contributed by atoms with Gasteiger partial charge in [0.2, 0.25) is 5.88 Å². The van der Waals surface area contributed by atoms with E-state index in [1.54, 1.807) is 4.68 Å². The Bertz CT molecular complexity index is 427. The molecular weight excluding hydrogens is 212 g/mol. The molecule has 0 spiro atoms. The van der Waals surface area contributed by atoms with E-state index in [9.17, 15) is 4.79 Å². The minimum atomic E-state index is -0.465. The summed E-state index contributed by atoms with van der Waals surface area (Å²) in [4.78, 5) is 15.3. The second kappa shape index (κ2) is 4.31. The highest BCUT2D eigenvalue weighted by atomic mass is 16.5. The van der Waals surface area contributed by atoms with Gasteiger partial charge in [0, 0.05) is 13.0 Å². The Kier molecular flexibility index (Phi) is 2.86. The second-order valence-corrected chi connectivity index (χ2v) is 3.25. The Morgan fingerprint density at radius 3 is 3.25 bits per heavy atom. The Morgan fingerprint density at radius 2 is 2.56 bits per heavy atom. The van der Waals surface area contributed by atoms with Crippen molar-refractivity contribution in [2.45, 2.75) is 13.0 Å². The molecule has 86 valence electrons. The van der Waals surface area contributed by atoms with E-state index in [0.29, 0.717) is 19.0 Å². The molecule has 0 aromatic carbocycles. The zero-order valence-corrected chi connectivity index (χ0v) is 8.64. The SMILES string of the molecule is C=Nc1nn2c(c1C(=O)NCO)OCCC2. The monoisotopic (exact) mass is 224 g/mol. The molecule has 2 heterocycles. The number of carbonyl (C=O) groups excluding carboxylic acids is 1. The van der Waals surface area contributed by atoms with E-state index in [1.807, 2.05) is 0 Å².